The number of likely N-dealkylation sites (tertiary alicyclic amines) is 1. The van der Waals surface area contributed by atoms with Crippen LogP contribution in [0.15, 0.2) is 0 Å². The van der Waals surface area contributed by atoms with Crippen LogP contribution in [-0.2, 0) is 0 Å². The van der Waals surface area contributed by atoms with Crippen LogP contribution >= 0.6 is 0 Å². The minimum atomic E-state index is 0.912. The smallest absolute Gasteiger partial charge is 0.145 e. The van der Waals surface area contributed by atoms with E-state index in [4.69, 9.17) is 0 Å². The monoisotopic (exact) mass is 154 g/mol. The molecule has 1 aliphatic heterocycles. The first-order chi connectivity index (χ1) is 5.18. The van der Waals surface area contributed by atoms with Gasteiger partial charge < -0.3 is 0 Å². The van der Waals surface area contributed by atoms with Crippen LogP contribution in [0.4, 0.5) is 0 Å². The average Bonchev–Trinajstić information content (AvgIpc) is 1.93. The highest BCUT2D eigenvalue weighted by atomic mass is 15.3. The van der Waals surface area contributed by atoms with E-state index in [1.165, 1.54) is 25.9 Å². The molecular formula is C9H18N2. The molecule has 0 unspecified atom stereocenters. The Morgan fingerprint density at radius 1 is 1.27 bits per heavy atom. The van der Waals surface area contributed by atoms with Crippen molar-refractivity contribution in [1.82, 2.24) is 9.80 Å². The van der Waals surface area contributed by atoms with Crippen LogP contribution in [0.1, 0.15) is 19.8 Å². The fourth-order valence-corrected chi connectivity index (χ4v) is 1.39. The maximum absolute atomic E-state index is 3.27. The van der Waals surface area contributed by atoms with Gasteiger partial charge in [0.05, 0.1) is 0 Å². The van der Waals surface area contributed by atoms with Crippen molar-refractivity contribution in [3.05, 3.63) is 6.67 Å². The third-order valence-electron chi connectivity index (χ3n) is 2.13. The predicted octanol–water partition coefficient (Wildman–Crippen LogP) is 1.28. The highest BCUT2D eigenvalue weighted by Crippen LogP contribution is 2.16. The first-order valence-corrected chi connectivity index (χ1v) is 4.37. The predicted molar refractivity (Wildman–Crippen MR) is 46.9 cm³/mol. The largest absolute Gasteiger partial charge is 0.286 e. The SMILES string of the molecule is CC1CCN([C]N(C)C)CC1. The summed E-state index contributed by atoms with van der Waals surface area (Å²) in [6.07, 6.45) is 2.64. The lowest BCUT2D eigenvalue weighted by molar-refractivity contribution is 0.182. The second-order valence-electron chi connectivity index (χ2n) is 3.66. The zero-order valence-electron chi connectivity index (χ0n) is 7.80. The summed E-state index contributed by atoms with van der Waals surface area (Å²) in [6.45, 7) is 7.96. The Hall–Kier alpha value is -0.0800. The van der Waals surface area contributed by atoms with Crippen LogP contribution in [0, 0.1) is 12.6 Å². The summed E-state index contributed by atoms with van der Waals surface area (Å²) in [5.41, 5.74) is 0. The standard InChI is InChI=1S/C9H18N2/c1-9-4-6-11(7-5-9)8-10(2)3/h9H,4-7H2,1-3H3. The van der Waals surface area contributed by atoms with Crippen molar-refractivity contribution < 1.29 is 0 Å². The molecule has 0 aromatic heterocycles. The number of piperidine rings is 1. The summed E-state index contributed by atoms with van der Waals surface area (Å²) in [7, 11) is 4.05. The molecule has 2 nitrogen and oxygen atoms in total. The van der Waals surface area contributed by atoms with Crippen molar-refractivity contribution in [2.24, 2.45) is 5.92 Å². The molecule has 0 saturated carbocycles. The fourth-order valence-electron chi connectivity index (χ4n) is 1.39. The molecule has 1 saturated heterocycles. The van der Waals surface area contributed by atoms with Gasteiger partial charge in [0, 0.05) is 13.1 Å². The van der Waals surface area contributed by atoms with Crippen LogP contribution in [0.25, 0.3) is 0 Å². The van der Waals surface area contributed by atoms with Crippen molar-refractivity contribution in [2.75, 3.05) is 27.2 Å². The highest BCUT2D eigenvalue weighted by molar-refractivity contribution is 4.73. The Kier molecular flexibility index (Phi) is 3.34. The van der Waals surface area contributed by atoms with Crippen LogP contribution in [0.3, 0.4) is 0 Å². The number of nitrogens with zero attached hydrogens (tertiary/aromatic N) is 2. The quantitative estimate of drug-likeness (QED) is 0.553. The molecule has 0 aliphatic carbocycles. The molecular weight excluding hydrogens is 136 g/mol. The normalized spacial score (nSPS) is 22.9. The Bertz CT molecular complexity index is 104. The average molecular weight is 154 g/mol. The molecule has 11 heavy (non-hydrogen) atoms. The van der Waals surface area contributed by atoms with Crippen LogP contribution in [-0.4, -0.2) is 37.0 Å². The van der Waals surface area contributed by atoms with E-state index in [0.717, 1.165) is 5.92 Å². The first kappa shape index (κ1) is 9.01. The van der Waals surface area contributed by atoms with Crippen molar-refractivity contribution >= 4 is 0 Å². The lowest BCUT2D eigenvalue weighted by atomic mass is 10.00. The van der Waals surface area contributed by atoms with E-state index in [2.05, 4.69) is 18.5 Å². The Morgan fingerprint density at radius 3 is 2.27 bits per heavy atom. The summed E-state index contributed by atoms with van der Waals surface area (Å²) in [5.74, 6) is 0.912. The van der Waals surface area contributed by atoms with Gasteiger partial charge in [0.1, 0.15) is 6.67 Å². The molecule has 0 aromatic carbocycles. The molecule has 0 bridgehead atoms. The van der Waals surface area contributed by atoms with Crippen molar-refractivity contribution in [2.45, 2.75) is 19.8 Å². The molecule has 1 heterocycles. The van der Waals surface area contributed by atoms with Crippen molar-refractivity contribution in [1.29, 1.82) is 0 Å². The maximum Gasteiger partial charge on any atom is 0.145 e. The maximum atomic E-state index is 3.27. The molecule has 0 amide bonds. The highest BCUT2D eigenvalue weighted by Gasteiger charge is 2.16. The molecule has 0 atom stereocenters. The van der Waals surface area contributed by atoms with E-state index in [1.807, 2.05) is 19.0 Å². The molecule has 1 rings (SSSR count). The number of rotatable bonds is 2. The molecule has 1 aliphatic rings. The molecule has 0 spiro atoms. The second kappa shape index (κ2) is 4.07. The van der Waals surface area contributed by atoms with Gasteiger partial charge >= 0.3 is 0 Å². The molecule has 0 N–H and O–H groups in total. The van der Waals surface area contributed by atoms with E-state index in [9.17, 15) is 0 Å². The zero-order valence-corrected chi connectivity index (χ0v) is 7.80. The van der Waals surface area contributed by atoms with E-state index < -0.39 is 0 Å². The molecule has 64 valence electrons. The van der Waals surface area contributed by atoms with E-state index >= 15 is 0 Å². The zero-order chi connectivity index (χ0) is 8.27. The van der Waals surface area contributed by atoms with Crippen molar-refractivity contribution in [3.8, 4) is 0 Å². The van der Waals surface area contributed by atoms with E-state index in [0.29, 0.717) is 0 Å². The number of hydrogen-bond donors (Lipinski definition) is 0. The van der Waals surface area contributed by atoms with Gasteiger partial charge in [-0.2, -0.15) is 0 Å². The summed E-state index contributed by atoms with van der Waals surface area (Å²) in [5, 5.41) is 0. The summed E-state index contributed by atoms with van der Waals surface area (Å²) in [6, 6.07) is 0. The molecule has 1 fully saturated rings. The van der Waals surface area contributed by atoms with Gasteiger partial charge in [-0.25, -0.2) is 0 Å². The minimum absolute atomic E-state index is 0.912. The van der Waals surface area contributed by atoms with Crippen LogP contribution in [0.2, 0.25) is 0 Å². The van der Waals surface area contributed by atoms with Crippen LogP contribution < -0.4 is 0 Å². The summed E-state index contributed by atoms with van der Waals surface area (Å²) in [4.78, 5) is 4.27. The van der Waals surface area contributed by atoms with E-state index in [1.54, 1.807) is 0 Å². The van der Waals surface area contributed by atoms with Gasteiger partial charge in [0.15, 0.2) is 0 Å². The summed E-state index contributed by atoms with van der Waals surface area (Å²) >= 11 is 0. The molecule has 2 radical (unpaired) electrons. The third-order valence-corrected chi connectivity index (χ3v) is 2.13. The minimum Gasteiger partial charge on any atom is -0.286 e. The Labute approximate surface area is 70.2 Å². The fraction of sp³-hybridized carbons (Fsp3) is 0.889. The molecule has 0 aromatic rings. The first-order valence-electron chi connectivity index (χ1n) is 4.37. The summed E-state index contributed by atoms with van der Waals surface area (Å²) < 4.78 is 0. The number of hydrogen-bond acceptors (Lipinski definition) is 2. The Balaban J connectivity index is 2.17. The van der Waals surface area contributed by atoms with Crippen LogP contribution in [0.5, 0.6) is 0 Å². The third kappa shape index (κ3) is 3.21. The lowest BCUT2D eigenvalue weighted by Crippen LogP contribution is -2.35. The lowest BCUT2D eigenvalue weighted by Gasteiger charge is -2.30. The molecule has 2 heteroatoms. The van der Waals surface area contributed by atoms with Gasteiger partial charge in [-0.05, 0) is 32.9 Å². The van der Waals surface area contributed by atoms with Gasteiger partial charge in [0.25, 0.3) is 0 Å². The van der Waals surface area contributed by atoms with Gasteiger partial charge in [-0.1, -0.05) is 6.92 Å². The van der Waals surface area contributed by atoms with Crippen molar-refractivity contribution in [3.63, 3.8) is 0 Å². The van der Waals surface area contributed by atoms with E-state index in [-0.39, 0.29) is 0 Å². The van der Waals surface area contributed by atoms with Gasteiger partial charge in [0.2, 0.25) is 0 Å². The Morgan fingerprint density at radius 2 is 1.82 bits per heavy atom. The topological polar surface area (TPSA) is 6.48 Å². The second-order valence-corrected chi connectivity index (χ2v) is 3.66. The van der Waals surface area contributed by atoms with Gasteiger partial charge in [-0.3, -0.25) is 9.80 Å². The van der Waals surface area contributed by atoms with Gasteiger partial charge in [-0.15, -0.1) is 0 Å².